The van der Waals surface area contributed by atoms with Gasteiger partial charge in [0.25, 0.3) is 5.91 Å². The number of ether oxygens (including phenoxy) is 1. The number of amides is 1. The van der Waals surface area contributed by atoms with Crippen molar-refractivity contribution in [1.82, 2.24) is 4.98 Å². The number of anilines is 1. The van der Waals surface area contributed by atoms with Crippen LogP contribution in [0.2, 0.25) is 0 Å². The SMILES string of the molecule is NCc1ccc(C(=O)Nc2ccncc2)cc1-c1cccc(C(=O)OCC23CC4CC(CC(C4)C2)C3)c1. The first-order chi connectivity index (χ1) is 18.0. The van der Waals surface area contributed by atoms with Crippen LogP contribution in [0.5, 0.6) is 0 Å². The van der Waals surface area contributed by atoms with Crippen LogP contribution >= 0.6 is 0 Å². The van der Waals surface area contributed by atoms with E-state index in [2.05, 4.69) is 10.3 Å². The molecule has 0 radical (unpaired) electrons. The lowest BCUT2D eigenvalue weighted by Crippen LogP contribution is -2.48. The number of esters is 1. The van der Waals surface area contributed by atoms with Crippen LogP contribution in [0.15, 0.2) is 67.0 Å². The van der Waals surface area contributed by atoms with Gasteiger partial charge in [-0.25, -0.2) is 4.79 Å². The minimum atomic E-state index is -0.279. The van der Waals surface area contributed by atoms with E-state index in [4.69, 9.17) is 10.5 Å². The molecule has 1 heterocycles. The number of hydrogen-bond acceptors (Lipinski definition) is 5. The zero-order valence-corrected chi connectivity index (χ0v) is 21.0. The van der Waals surface area contributed by atoms with Gasteiger partial charge >= 0.3 is 5.97 Å². The summed E-state index contributed by atoms with van der Waals surface area (Å²) in [6, 6.07) is 16.4. The van der Waals surface area contributed by atoms with Crippen LogP contribution in [-0.2, 0) is 11.3 Å². The largest absolute Gasteiger partial charge is 0.462 e. The predicted octanol–water partition coefficient (Wildman–Crippen LogP) is 5.83. The first kappa shape index (κ1) is 23.9. The number of benzene rings is 2. The standard InChI is InChI=1S/C31H33N3O3/c32-18-26-5-4-24(29(35)34-27-6-8-33-9-7-27)14-28(26)23-2-1-3-25(13-23)30(36)37-19-31-15-20-10-21(16-31)12-22(11-20)17-31/h1-9,13-14,20-22H,10-12,15-19,32H2,(H,33,34,35). The van der Waals surface area contributed by atoms with E-state index in [0.29, 0.717) is 30.0 Å². The Labute approximate surface area is 217 Å². The van der Waals surface area contributed by atoms with Gasteiger partial charge in [0, 0.05) is 35.6 Å². The number of nitrogens with two attached hydrogens (primary N) is 1. The summed E-state index contributed by atoms with van der Waals surface area (Å²) >= 11 is 0. The number of nitrogens with one attached hydrogen (secondary N) is 1. The first-order valence-electron chi connectivity index (χ1n) is 13.3. The zero-order chi connectivity index (χ0) is 25.4. The Morgan fingerprint density at radius 1 is 0.919 bits per heavy atom. The van der Waals surface area contributed by atoms with Gasteiger partial charge in [-0.1, -0.05) is 18.2 Å². The topological polar surface area (TPSA) is 94.3 Å². The molecule has 3 N–H and O–H groups in total. The third-order valence-corrected chi connectivity index (χ3v) is 8.61. The van der Waals surface area contributed by atoms with Gasteiger partial charge in [-0.3, -0.25) is 9.78 Å². The third-order valence-electron chi connectivity index (χ3n) is 8.61. The quantitative estimate of drug-likeness (QED) is 0.402. The number of pyridine rings is 1. The van der Waals surface area contributed by atoms with Crippen molar-refractivity contribution in [3.63, 3.8) is 0 Å². The predicted molar refractivity (Wildman–Crippen MR) is 143 cm³/mol. The summed E-state index contributed by atoms with van der Waals surface area (Å²) in [7, 11) is 0. The molecule has 0 spiro atoms. The van der Waals surface area contributed by atoms with Crippen molar-refractivity contribution >= 4 is 17.6 Å². The summed E-state index contributed by atoms with van der Waals surface area (Å²) in [6.07, 6.45) is 11.0. The number of nitrogens with zero attached hydrogens (tertiary/aromatic N) is 1. The molecule has 190 valence electrons. The number of aromatic nitrogens is 1. The Morgan fingerprint density at radius 2 is 1.62 bits per heavy atom. The molecule has 1 amide bonds. The molecule has 6 heteroatoms. The Bertz CT molecular complexity index is 1280. The van der Waals surface area contributed by atoms with Crippen LogP contribution in [0.1, 0.15) is 64.8 Å². The van der Waals surface area contributed by atoms with E-state index in [1.165, 1.54) is 38.5 Å². The maximum atomic E-state index is 13.1. The second-order valence-corrected chi connectivity index (χ2v) is 11.3. The Balaban J connectivity index is 1.19. The molecule has 3 aromatic rings. The van der Waals surface area contributed by atoms with Crippen LogP contribution in [-0.4, -0.2) is 23.5 Å². The van der Waals surface area contributed by atoms with Crippen LogP contribution in [0.3, 0.4) is 0 Å². The molecular weight excluding hydrogens is 462 g/mol. The molecule has 37 heavy (non-hydrogen) atoms. The Kier molecular flexibility index (Phi) is 6.29. The van der Waals surface area contributed by atoms with Crippen LogP contribution in [0.25, 0.3) is 11.1 Å². The monoisotopic (exact) mass is 495 g/mol. The van der Waals surface area contributed by atoms with Gasteiger partial charge in [0.1, 0.15) is 0 Å². The molecule has 4 fully saturated rings. The normalized spacial score (nSPS) is 25.6. The van der Waals surface area contributed by atoms with Crippen molar-refractivity contribution < 1.29 is 14.3 Å². The highest BCUT2D eigenvalue weighted by atomic mass is 16.5. The van der Waals surface area contributed by atoms with Crippen LogP contribution < -0.4 is 11.1 Å². The highest BCUT2D eigenvalue weighted by Gasteiger charge is 2.51. The molecule has 2 aromatic carbocycles. The summed E-state index contributed by atoms with van der Waals surface area (Å²) < 4.78 is 5.96. The van der Waals surface area contributed by atoms with Gasteiger partial charge in [-0.15, -0.1) is 0 Å². The molecule has 0 unspecified atom stereocenters. The molecule has 7 rings (SSSR count). The molecule has 4 bridgehead atoms. The lowest BCUT2D eigenvalue weighted by molar-refractivity contribution is -0.0848. The van der Waals surface area contributed by atoms with Crippen molar-refractivity contribution in [2.75, 3.05) is 11.9 Å². The van der Waals surface area contributed by atoms with E-state index in [9.17, 15) is 9.59 Å². The maximum Gasteiger partial charge on any atom is 0.338 e. The molecule has 0 aliphatic heterocycles. The summed E-state index contributed by atoms with van der Waals surface area (Å²) in [5.41, 5.74) is 10.5. The number of carbonyl (C=O) groups is 2. The second-order valence-electron chi connectivity index (χ2n) is 11.3. The minimum absolute atomic E-state index is 0.186. The number of rotatable bonds is 7. The van der Waals surface area contributed by atoms with E-state index >= 15 is 0 Å². The molecule has 1 aromatic heterocycles. The lowest BCUT2D eigenvalue weighted by atomic mass is 9.50. The summed E-state index contributed by atoms with van der Waals surface area (Å²) in [4.78, 5) is 30.0. The lowest BCUT2D eigenvalue weighted by Gasteiger charge is -2.56. The Hall–Kier alpha value is -3.51. The van der Waals surface area contributed by atoms with Crippen molar-refractivity contribution in [3.8, 4) is 11.1 Å². The third kappa shape index (κ3) is 4.90. The van der Waals surface area contributed by atoms with Gasteiger partial charge in [0.05, 0.1) is 12.2 Å². The minimum Gasteiger partial charge on any atom is -0.462 e. The van der Waals surface area contributed by atoms with Crippen molar-refractivity contribution in [2.45, 2.75) is 45.1 Å². The van der Waals surface area contributed by atoms with Gasteiger partial charge in [0.15, 0.2) is 0 Å². The van der Waals surface area contributed by atoms with Crippen molar-refractivity contribution in [3.05, 3.63) is 83.7 Å². The Morgan fingerprint density at radius 3 is 2.30 bits per heavy atom. The first-order valence-corrected chi connectivity index (χ1v) is 13.3. The fourth-order valence-corrected chi connectivity index (χ4v) is 7.39. The molecular formula is C31H33N3O3. The fourth-order valence-electron chi connectivity index (χ4n) is 7.39. The van der Waals surface area contributed by atoms with E-state index < -0.39 is 0 Å². The molecule has 4 aliphatic carbocycles. The highest BCUT2D eigenvalue weighted by Crippen LogP contribution is 2.60. The molecule has 0 atom stereocenters. The zero-order valence-electron chi connectivity index (χ0n) is 21.0. The van der Waals surface area contributed by atoms with E-state index in [1.54, 1.807) is 36.7 Å². The van der Waals surface area contributed by atoms with Gasteiger partial charge < -0.3 is 15.8 Å². The number of carbonyl (C=O) groups excluding carboxylic acids is 2. The summed E-state index contributed by atoms with van der Waals surface area (Å²) in [5.74, 6) is 1.98. The summed E-state index contributed by atoms with van der Waals surface area (Å²) in [6.45, 7) is 0.848. The maximum absolute atomic E-state index is 13.1. The van der Waals surface area contributed by atoms with E-state index in [0.717, 1.165) is 34.4 Å². The molecule has 4 aliphatic rings. The molecule has 0 saturated heterocycles. The molecule has 6 nitrogen and oxygen atoms in total. The smallest absolute Gasteiger partial charge is 0.338 e. The van der Waals surface area contributed by atoms with Gasteiger partial charge in [-0.2, -0.15) is 0 Å². The van der Waals surface area contributed by atoms with Gasteiger partial charge in [0.2, 0.25) is 0 Å². The number of hydrogen-bond donors (Lipinski definition) is 2. The van der Waals surface area contributed by atoms with Crippen LogP contribution in [0.4, 0.5) is 5.69 Å². The molecule has 4 saturated carbocycles. The average Bonchev–Trinajstić information content (AvgIpc) is 2.91. The second kappa shape index (κ2) is 9.75. The fraction of sp³-hybridized carbons (Fsp3) is 0.387. The van der Waals surface area contributed by atoms with Crippen LogP contribution in [0, 0.1) is 23.2 Å². The van der Waals surface area contributed by atoms with E-state index in [1.807, 2.05) is 30.3 Å². The van der Waals surface area contributed by atoms with Crippen molar-refractivity contribution in [1.29, 1.82) is 0 Å². The highest BCUT2D eigenvalue weighted by molar-refractivity contribution is 6.05. The van der Waals surface area contributed by atoms with E-state index in [-0.39, 0.29) is 17.3 Å². The summed E-state index contributed by atoms with van der Waals surface area (Å²) in [5, 5.41) is 2.89. The average molecular weight is 496 g/mol. The van der Waals surface area contributed by atoms with Crippen molar-refractivity contribution in [2.24, 2.45) is 28.9 Å². The van der Waals surface area contributed by atoms with Gasteiger partial charge in [-0.05, 0) is 109 Å².